The van der Waals surface area contributed by atoms with Crippen LogP contribution in [0.25, 0.3) is 0 Å². The van der Waals surface area contributed by atoms with Crippen LogP contribution in [0.1, 0.15) is 20.3 Å². The van der Waals surface area contributed by atoms with E-state index in [1.54, 1.807) is 4.90 Å². The summed E-state index contributed by atoms with van der Waals surface area (Å²) in [6, 6.07) is 2.13. The Morgan fingerprint density at radius 1 is 1.69 bits per heavy atom. The Morgan fingerprint density at radius 3 is 2.69 bits per heavy atom. The first-order chi connectivity index (χ1) is 6.06. The van der Waals surface area contributed by atoms with Gasteiger partial charge in [-0.25, -0.2) is 0 Å². The zero-order valence-corrected chi connectivity index (χ0v) is 8.58. The molecule has 0 aliphatic carbocycles. The van der Waals surface area contributed by atoms with Gasteiger partial charge in [0.15, 0.2) is 0 Å². The zero-order chi connectivity index (χ0) is 10.0. The van der Waals surface area contributed by atoms with Crippen LogP contribution in [0.15, 0.2) is 0 Å². The second-order valence-electron chi connectivity index (χ2n) is 3.49. The molecule has 0 bridgehead atoms. The molecule has 1 aliphatic rings. The summed E-state index contributed by atoms with van der Waals surface area (Å²) in [5.41, 5.74) is 0. The molecule has 0 radical (unpaired) electrons. The van der Waals surface area contributed by atoms with Gasteiger partial charge in [-0.3, -0.25) is 4.79 Å². The van der Waals surface area contributed by atoms with Crippen molar-refractivity contribution in [2.45, 2.75) is 31.7 Å². The van der Waals surface area contributed by atoms with E-state index in [9.17, 15) is 4.79 Å². The number of nitriles is 1. The van der Waals surface area contributed by atoms with E-state index in [4.69, 9.17) is 16.9 Å². The third-order valence-electron chi connectivity index (χ3n) is 2.50. The molecule has 4 heteroatoms. The van der Waals surface area contributed by atoms with Crippen LogP contribution in [0.3, 0.4) is 0 Å². The number of likely N-dealkylation sites (tertiary alicyclic amines) is 1. The number of rotatable bonds is 2. The summed E-state index contributed by atoms with van der Waals surface area (Å²) in [7, 11) is 0. The van der Waals surface area contributed by atoms with Gasteiger partial charge in [0.05, 0.1) is 17.4 Å². The standard InChI is InChI=1S/C9H13ClN2O/c1-6(10)7(2)12-5-8(4-11)3-9(12)13/h6-8H,3,5H2,1-2H3/t6?,7-,8?/m1/s1. The molecule has 0 N–H and O–H groups in total. The average molecular weight is 201 g/mol. The normalized spacial score (nSPS) is 27.1. The molecule has 1 heterocycles. The molecule has 1 fully saturated rings. The number of carbonyl (C=O) groups excluding carboxylic acids is 1. The van der Waals surface area contributed by atoms with Crippen LogP contribution in [0.4, 0.5) is 0 Å². The van der Waals surface area contributed by atoms with Gasteiger partial charge in [0, 0.05) is 19.0 Å². The Labute approximate surface area is 83.3 Å². The van der Waals surface area contributed by atoms with Crippen molar-refractivity contribution < 1.29 is 4.79 Å². The smallest absolute Gasteiger partial charge is 0.224 e. The molecule has 0 aromatic carbocycles. The highest BCUT2D eigenvalue weighted by Gasteiger charge is 2.33. The first-order valence-corrected chi connectivity index (χ1v) is 4.83. The summed E-state index contributed by atoms with van der Waals surface area (Å²) in [4.78, 5) is 13.1. The van der Waals surface area contributed by atoms with Gasteiger partial charge >= 0.3 is 0 Å². The molecule has 3 atom stereocenters. The second-order valence-corrected chi connectivity index (χ2v) is 4.18. The van der Waals surface area contributed by atoms with Gasteiger partial charge in [0.25, 0.3) is 0 Å². The minimum absolute atomic E-state index is 0.0208. The molecule has 1 saturated heterocycles. The summed E-state index contributed by atoms with van der Waals surface area (Å²) in [6.07, 6.45) is 0.352. The van der Waals surface area contributed by atoms with Gasteiger partial charge in [0.2, 0.25) is 5.91 Å². The van der Waals surface area contributed by atoms with Crippen LogP contribution in [0.5, 0.6) is 0 Å². The highest BCUT2D eigenvalue weighted by atomic mass is 35.5. The minimum atomic E-state index is -0.148. The fraction of sp³-hybridized carbons (Fsp3) is 0.778. The van der Waals surface area contributed by atoms with Gasteiger partial charge in [-0.1, -0.05) is 0 Å². The van der Waals surface area contributed by atoms with Crippen LogP contribution in [0.2, 0.25) is 0 Å². The quantitative estimate of drug-likeness (QED) is 0.632. The largest absolute Gasteiger partial charge is 0.337 e. The van der Waals surface area contributed by atoms with E-state index in [-0.39, 0.29) is 23.2 Å². The first kappa shape index (κ1) is 10.3. The topological polar surface area (TPSA) is 44.1 Å². The number of halogens is 1. The molecule has 0 aromatic rings. The molecule has 1 rings (SSSR count). The lowest BCUT2D eigenvalue weighted by Crippen LogP contribution is -2.39. The molecule has 72 valence electrons. The van der Waals surface area contributed by atoms with Crippen molar-refractivity contribution in [1.82, 2.24) is 4.90 Å². The fourth-order valence-corrected chi connectivity index (χ4v) is 1.60. The van der Waals surface area contributed by atoms with Crippen LogP contribution < -0.4 is 0 Å². The first-order valence-electron chi connectivity index (χ1n) is 4.39. The Kier molecular flexibility index (Phi) is 3.16. The maximum absolute atomic E-state index is 11.4. The molecule has 3 nitrogen and oxygen atoms in total. The molecule has 2 unspecified atom stereocenters. The molecule has 13 heavy (non-hydrogen) atoms. The monoisotopic (exact) mass is 200 g/mol. The van der Waals surface area contributed by atoms with Gasteiger partial charge < -0.3 is 4.90 Å². The maximum Gasteiger partial charge on any atom is 0.224 e. The average Bonchev–Trinajstić information content (AvgIpc) is 2.45. The Morgan fingerprint density at radius 2 is 2.31 bits per heavy atom. The van der Waals surface area contributed by atoms with Crippen LogP contribution in [-0.2, 0) is 4.79 Å². The summed E-state index contributed by atoms with van der Waals surface area (Å²) >= 11 is 5.89. The van der Waals surface area contributed by atoms with Crippen molar-refractivity contribution in [3.05, 3.63) is 0 Å². The number of carbonyl (C=O) groups is 1. The van der Waals surface area contributed by atoms with Crippen molar-refractivity contribution in [1.29, 1.82) is 5.26 Å². The fourth-order valence-electron chi connectivity index (χ4n) is 1.46. The molecule has 0 aromatic heterocycles. The van der Waals surface area contributed by atoms with E-state index in [2.05, 4.69) is 6.07 Å². The van der Waals surface area contributed by atoms with Crippen molar-refractivity contribution >= 4 is 17.5 Å². The molecule has 1 aliphatic heterocycles. The van der Waals surface area contributed by atoms with E-state index in [1.165, 1.54) is 0 Å². The van der Waals surface area contributed by atoms with E-state index in [0.29, 0.717) is 13.0 Å². The van der Waals surface area contributed by atoms with E-state index in [0.717, 1.165) is 0 Å². The van der Waals surface area contributed by atoms with Crippen molar-refractivity contribution in [2.24, 2.45) is 5.92 Å². The predicted molar refractivity (Wildman–Crippen MR) is 50.2 cm³/mol. The highest BCUT2D eigenvalue weighted by Crippen LogP contribution is 2.22. The minimum Gasteiger partial charge on any atom is -0.337 e. The number of hydrogen-bond donors (Lipinski definition) is 0. The molecule has 1 amide bonds. The molecule has 0 saturated carbocycles. The maximum atomic E-state index is 11.4. The number of hydrogen-bond acceptors (Lipinski definition) is 2. The summed E-state index contributed by atoms with van der Waals surface area (Å²) < 4.78 is 0. The lowest BCUT2D eigenvalue weighted by Gasteiger charge is -2.26. The van der Waals surface area contributed by atoms with Crippen molar-refractivity contribution in [3.63, 3.8) is 0 Å². The molecule has 0 spiro atoms. The van der Waals surface area contributed by atoms with E-state index >= 15 is 0 Å². The third kappa shape index (κ3) is 2.13. The van der Waals surface area contributed by atoms with Crippen LogP contribution >= 0.6 is 11.6 Å². The van der Waals surface area contributed by atoms with E-state index in [1.807, 2.05) is 13.8 Å². The Balaban J connectivity index is 2.63. The zero-order valence-electron chi connectivity index (χ0n) is 7.83. The molecular weight excluding hydrogens is 188 g/mol. The molecular formula is C9H13ClN2O. The Hall–Kier alpha value is -0.750. The lowest BCUT2D eigenvalue weighted by molar-refractivity contribution is -0.129. The number of amides is 1. The number of nitrogens with zero attached hydrogens (tertiary/aromatic N) is 2. The van der Waals surface area contributed by atoms with Crippen LogP contribution in [0, 0.1) is 17.2 Å². The van der Waals surface area contributed by atoms with Crippen molar-refractivity contribution in [2.75, 3.05) is 6.54 Å². The number of alkyl halides is 1. The summed E-state index contributed by atoms with van der Waals surface area (Å²) in [5.74, 6) is -0.100. The van der Waals surface area contributed by atoms with Gasteiger partial charge in [-0.2, -0.15) is 5.26 Å². The summed E-state index contributed by atoms with van der Waals surface area (Å²) in [5, 5.41) is 8.59. The lowest BCUT2D eigenvalue weighted by atomic mass is 10.1. The van der Waals surface area contributed by atoms with Crippen molar-refractivity contribution in [3.8, 4) is 6.07 Å². The van der Waals surface area contributed by atoms with Gasteiger partial charge in [0.1, 0.15) is 0 Å². The third-order valence-corrected chi connectivity index (χ3v) is 2.86. The SMILES string of the molecule is CC(Cl)[C@@H](C)N1CC(C#N)CC1=O. The summed E-state index contributed by atoms with van der Waals surface area (Å²) in [6.45, 7) is 4.31. The highest BCUT2D eigenvalue weighted by molar-refractivity contribution is 6.20. The van der Waals surface area contributed by atoms with Gasteiger partial charge in [-0.05, 0) is 13.8 Å². The second kappa shape index (κ2) is 3.97. The van der Waals surface area contributed by atoms with Gasteiger partial charge in [-0.15, -0.1) is 11.6 Å². The predicted octanol–water partition coefficient (Wildman–Crippen LogP) is 1.37. The van der Waals surface area contributed by atoms with E-state index < -0.39 is 0 Å². The van der Waals surface area contributed by atoms with Crippen LogP contribution in [-0.4, -0.2) is 28.8 Å². The Bertz CT molecular complexity index is 246.